The van der Waals surface area contributed by atoms with Gasteiger partial charge >= 0.3 is 0 Å². The van der Waals surface area contributed by atoms with Crippen molar-refractivity contribution in [3.63, 3.8) is 0 Å². The number of aromatic nitrogens is 3. The predicted octanol–water partition coefficient (Wildman–Crippen LogP) is 1.51. The molecule has 0 amide bonds. The Kier molecular flexibility index (Phi) is 6.15. The van der Waals surface area contributed by atoms with E-state index in [0.29, 0.717) is 23.7 Å². The van der Waals surface area contributed by atoms with Crippen LogP contribution < -0.4 is 0 Å². The molecule has 1 rings (SSSR count). The molecule has 0 bridgehead atoms. The Morgan fingerprint density at radius 2 is 2.26 bits per heavy atom. The summed E-state index contributed by atoms with van der Waals surface area (Å²) in [6, 6.07) is 2.29. The minimum atomic E-state index is -0.117. The smallest absolute Gasteiger partial charge is 0.199 e. The monoisotopic (exact) mass is 283 g/mol. The maximum Gasteiger partial charge on any atom is 0.199 e. The van der Waals surface area contributed by atoms with Crippen molar-refractivity contribution in [3.8, 4) is 6.07 Å². The molecule has 7 heteroatoms. The summed E-state index contributed by atoms with van der Waals surface area (Å²) in [7, 11) is 1.93. The molecule has 0 saturated heterocycles. The van der Waals surface area contributed by atoms with Crippen molar-refractivity contribution in [2.45, 2.75) is 52.6 Å². The number of nitrogens with zero attached hydrogens (tertiary/aromatic N) is 5. The zero-order chi connectivity index (χ0) is 14.4. The Morgan fingerprint density at radius 3 is 2.79 bits per heavy atom. The third-order valence-electron chi connectivity index (χ3n) is 3.08. The Labute approximate surface area is 118 Å². The summed E-state index contributed by atoms with van der Waals surface area (Å²) in [5, 5.41) is 22.3. The van der Waals surface area contributed by atoms with Gasteiger partial charge in [-0.2, -0.15) is 10.4 Å². The summed E-state index contributed by atoms with van der Waals surface area (Å²) in [4.78, 5) is 2.02. The Bertz CT molecular complexity index is 501. The molecule has 0 aromatic carbocycles. The van der Waals surface area contributed by atoms with E-state index in [1.165, 1.54) is 0 Å². The fourth-order valence-electron chi connectivity index (χ4n) is 1.78. The van der Waals surface area contributed by atoms with Crippen molar-refractivity contribution >= 4 is 12.2 Å². The van der Waals surface area contributed by atoms with Gasteiger partial charge in [-0.1, -0.05) is 6.92 Å². The van der Waals surface area contributed by atoms with E-state index in [1.54, 1.807) is 4.68 Å². The van der Waals surface area contributed by atoms with Crippen molar-refractivity contribution in [1.29, 1.82) is 5.26 Å². The van der Waals surface area contributed by atoms with Gasteiger partial charge in [0.1, 0.15) is 6.61 Å². The Morgan fingerprint density at radius 1 is 1.58 bits per heavy atom. The van der Waals surface area contributed by atoms with E-state index in [-0.39, 0.29) is 12.6 Å². The molecule has 1 N–H and O–H groups in total. The average Bonchev–Trinajstić information content (AvgIpc) is 2.68. The van der Waals surface area contributed by atoms with E-state index in [2.05, 4.69) is 18.1 Å². The van der Waals surface area contributed by atoms with Crippen LogP contribution in [0.15, 0.2) is 0 Å². The number of rotatable bonds is 7. The lowest BCUT2D eigenvalue weighted by Gasteiger charge is -2.21. The summed E-state index contributed by atoms with van der Waals surface area (Å²) in [6.07, 6.45) is 1.40. The van der Waals surface area contributed by atoms with Crippen molar-refractivity contribution in [1.82, 2.24) is 19.2 Å². The predicted molar refractivity (Wildman–Crippen MR) is 74.7 cm³/mol. The van der Waals surface area contributed by atoms with Crippen LogP contribution in [0.5, 0.6) is 0 Å². The van der Waals surface area contributed by atoms with Crippen LogP contribution >= 0.6 is 12.2 Å². The third-order valence-corrected chi connectivity index (χ3v) is 3.52. The molecule has 106 valence electrons. The lowest BCUT2D eigenvalue weighted by Crippen LogP contribution is -2.31. The van der Waals surface area contributed by atoms with Crippen LogP contribution in [0, 0.1) is 16.1 Å². The first-order chi connectivity index (χ1) is 9.04. The molecule has 0 saturated carbocycles. The highest BCUT2D eigenvalue weighted by atomic mass is 32.1. The Hall–Kier alpha value is -1.23. The molecule has 1 heterocycles. The van der Waals surface area contributed by atoms with Crippen LogP contribution in [0.2, 0.25) is 0 Å². The second-order valence-corrected chi connectivity index (χ2v) is 4.98. The minimum Gasteiger partial charge on any atom is -0.388 e. The first-order valence-corrected chi connectivity index (χ1v) is 6.80. The van der Waals surface area contributed by atoms with Crippen molar-refractivity contribution < 1.29 is 5.11 Å². The van der Waals surface area contributed by atoms with E-state index in [1.807, 2.05) is 23.4 Å². The second kappa shape index (κ2) is 7.38. The molecular formula is C12H21N5OS. The summed E-state index contributed by atoms with van der Waals surface area (Å²) in [5.74, 6) is 0.591. The molecule has 0 aliphatic carbocycles. The zero-order valence-corrected chi connectivity index (χ0v) is 12.5. The highest BCUT2D eigenvalue weighted by Gasteiger charge is 2.13. The van der Waals surface area contributed by atoms with Gasteiger partial charge in [0.05, 0.1) is 19.2 Å². The first-order valence-electron chi connectivity index (χ1n) is 6.39. The van der Waals surface area contributed by atoms with Crippen LogP contribution in [-0.2, 0) is 19.8 Å². The van der Waals surface area contributed by atoms with Crippen molar-refractivity contribution in [2.24, 2.45) is 0 Å². The van der Waals surface area contributed by atoms with E-state index < -0.39 is 0 Å². The second-order valence-electron chi connectivity index (χ2n) is 4.62. The van der Waals surface area contributed by atoms with Crippen molar-refractivity contribution in [3.05, 3.63) is 10.6 Å². The number of aliphatic hydroxyl groups is 1. The SMILES string of the molecule is CCCn1c(CO)nn(CN(C)C(C)CC#N)c1=S. The fourth-order valence-corrected chi connectivity index (χ4v) is 2.08. The van der Waals surface area contributed by atoms with Crippen LogP contribution in [0.1, 0.15) is 32.5 Å². The van der Waals surface area contributed by atoms with E-state index in [0.717, 1.165) is 13.0 Å². The summed E-state index contributed by atoms with van der Waals surface area (Å²) < 4.78 is 4.17. The molecule has 0 aliphatic heterocycles. The first kappa shape index (κ1) is 15.8. The number of nitriles is 1. The molecule has 1 aromatic heterocycles. The minimum absolute atomic E-state index is 0.117. The molecule has 0 aliphatic rings. The standard InChI is InChI=1S/C12H21N5OS/c1-4-7-16-11(8-18)14-17(12(16)19)9-15(3)10(2)5-6-13/h10,18H,4-5,7-9H2,1-3H3. The molecule has 0 radical (unpaired) electrons. The van der Waals surface area contributed by atoms with Gasteiger partial charge in [-0.05, 0) is 32.6 Å². The molecule has 1 atom stereocenters. The van der Waals surface area contributed by atoms with Gasteiger partial charge in [0, 0.05) is 12.6 Å². The molecule has 19 heavy (non-hydrogen) atoms. The molecule has 1 aromatic rings. The summed E-state index contributed by atoms with van der Waals surface area (Å²) in [5.41, 5.74) is 0. The van der Waals surface area contributed by atoms with E-state index in [4.69, 9.17) is 17.5 Å². The highest BCUT2D eigenvalue weighted by molar-refractivity contribution is 7.71. The lowest BCUT2D eigenvalue weighted by atomic mass is 10.2. The van der Waals surface area contributed by atoms with Crippen LogP contribution in [-0.4, -0.2) is 37.4 Å². The largest absolute Gasteiger partial charge is 0.388 e. The van der Waals surface area contributed by atoms with Gasteiger partial charge in [0.25, 0.3) is 0 Å². The van der Waals surface area contributed by atoms with Gasteiger partial charge in [-0.15, -0.1) is 0 Å². The number of hydrogen-bond acceptors (Lipinski definition) is 5. The van der Waals surface area contributed by atoms with Gasteiger partial charge in [-0.3, -0.25) is 4.90 Å². The number of aliphatic hydroxyl groups excluding tert-OH is 1. The van der Waals surface area contributed by atoms with E-state index in [9.17, 15) is 5.11 Å². The third kappa shape index (κ3) is 3.86. The zero-order valence-electron chi connectivity index (χ0n) is 11.7. The average molecular weight is 283 g/mol. The van der Waals surface area contributed by atoms with Crippen LogP contribution in [0.3, 0.4) is 0 Å². The Balaban J connectivity index is 2.90. The maximum absolute atomic E-state index is 9.31. The van der Waals surface area contributed by atoms with Crippen molar-refractivity contribution in [2.75, 3.05) is 7.05 Å². The van der Waals surface area contributed by atoms with Crippen LogP contribution in [0.25, 0.3) is 0 Å². The topological polar surface area (TPSA) is 70.0 Å². The van der Waals surface area contributed by atoms with E-state index >= 15 is 0 Å². The number of hydrogen-bond donors (Lipinski definition) is 1. The normalized spacial score (nSPS) is 12.6. The maximum atomic E-state index is 9.31. The highest BCUT2D eigenvalue weighted by Crippen LogP contribution is 2.07. The quantitative estimate of drug-likeness (QED) is 0.768. The molecule has 6 nitrogen and oxygen atoms in total. The summed E-state index contributed by atoms with van der Waals surface area (Å²) >= 11 is 5.37. The van der Waals surface area contributed by atoms with Gasteiger partial charge in [0.2, 0.25) is 0 Å². The van der Waals surface area contributed by atoms with Gasteiger partial charge < -0.3 is 9.67 Å². The van der Waals surface area contributed by atoms with Crippen LogP contribution in [0.4, 0.5) is 0 Å². The molecule has 0 spiro atoms. The molecule has 0 fully saturated rings. The molecule has 1 unspecified atom stereocenters. The van der Waals surface area contributed by atoms with Gasteiger partial charge in [-0.25, -0.2) is 4.68 Å². The fraction of sp³-hybridized carbons (Fsp3) is 0.750. The molecular weight excluding hydrogens is 262 g/mol. The summed E-state index contributed by atoms with van der Waals surface area (Å²) in [6.45, 7) is 5.20. The van der Waals surface area contributed by atoms with Gasteiger partial charge in [0.15, 0.2) is 10.6 Å². The lowest BCUT2D eigenvalue weighted by molar-refractivity contribution is 0.193.